The highest BCUT2D eigenvalue weighted by molar-refractivity contribution is 7.89. The molecule has 1 fully saturated rings. The molecule has 1 saturated heterocycles. The van der Waals surface area contributed by atoms with E-state index in [2.05, 4.69) is 10.2 Å². The minimum atomic E-state index is -3.16. The second kappa shape index (κ2) is 7.17. The molecular formula is C13H29N3O3S. The molecule has 0 unspecified atom stereocenters. The van der Waals surface area contributed by atoms with Gasteiger partial charge < -0.3 is 10.4 Å². The number of sulfonamides is 1. The number of β-amino-alcohol motifs (C(OH)–C–C–N with tert-alkyl or cyclic N) is 1. The van der Waals surface area contributed by atoms with Crippen molar-refractivity contribution >= 4 is 10.0 Å². The summed E-state index contributed by atoms with van der Waals surface area (Å²) in [5.74, 6) is 0.149. The van der Waals surface area contributed by atoms with Crippen LogP contribution in [0.5, 0.6) is 0 Å². The summed E-state index contributed by atoms with van der Waals surface area (Å²) in [5, 5.41) is 12.9. The predicted octanol–water partition coefficient (Wildman–Crippen LogP) is -0.297. The molecule has 0 saturated carbocycles. The lowest BCUT2D eigenvalue weighted by atomic mass is 10.1. The highest BCUT2D eigenvalue weighted by Gasteiger charge is 2.28. The molecule has 6 nitrogen and oxygen atoms in total. The molecule has 0 radical (unpaired) electrons. The second-order valence-corrected chi connectivity index (χ2v) is 8.50. The first-order chi connectivity index (χ1) is 9.10. The third-order valence-corrected chi connectivity index (χ3v) is 5.12. The van der Waals surface area contributed by atoms with E-state index in [0.717, 1.165) is 0 Å². The Balaban J connectivity index is 2.40. The fourth-order valence-corrected chi connectivity index (χ4v) is 3.67. The van der Waals surface area contributed by atoms with E-state index in [1.54, 1.807) is 18.2 Å². The number of piperazine rings is 1. The molecule has 7 heteroatoms. The van der Waals surface area contributed by atoms with Gasteiger partial charge in [-0.1, -0.05) is 13.8 Å². The van der Waals surface area contributed by atoms with Crippen LogP contribution in [0.3, 0.4) is 0 Å². The molecule has 0 aromatic heterocycles. The van der Waals surface area contributed by atoms with Gasteiger partial charge in [0.1, 0.15) is 0 Å². The maximum atomic E-state index is 12.2. The van der Waals surface area contributed by atoms with Crippen molar-refractivity contribution in [3.05, 3.63) is 0 Å². The Morgan fingerprint density at radius 3 is 2.20 bits per heavy atom. The summed E-state index contributed by atoms with van der Waals surface area (Å²) < 4.78 is 25.9. The number of aliphatic hydroxyl groups is 1. The number of hydrogen-bond acceptors (Lipinski definition) is 5. The lowest BCUT2D eigenvalue weighted by molar-refractivity contribution is 0.0263. The summed E-state index contributed by atoms with van der Waals surface area (Å²) in [5.41, 5.74) is -0.734. The summed E-state index contributed by atoms with van der Waals surface area (Å²) in [6.07, 6.45) is 0. The van der Waals surface area contributed by atoms with Crippen LogP contribution >= 0.6 is 0 Å². The Morgan fingerprint density at radius 2 is 1.75 bits per heavy atom. The molecule has 120 valence electrons. The van der Waals surface area contributed by atoms with Gasteiger partial charge in [-0.05, 0) is 13.8 Å². The van der Waals surface area contributed by atoms with Crippen LogP contribution < -0.4 is 5.32 Å². The molecule has 0 aromatic rings. The van der Waals surface area contributed by atoms with Crippen molar-refractivity contribution in [3.8, 4) is 0 Å². The molecule has 1 aliphatic rings. The minimum Gasteiger partial charge on any atom is -0.389 e. The zero-order valence-electron chi connectivity index (χ0n) is 13.1. The molecule has 1 rings (SSSR count). The summed E-state index contributed by atoms with van der Waals surface area (Å²) in [7, 11) is -3.16. The third-order valence-electron chi connectivity index (χ3n) is 3.25. The van der Waals surface area contributed by atoms with Crippen LogP contribution in [-0.2, 0) is 10.0 Å². The molecule has 0 bridgehead atoms. The summed E-state index contributed by atoms with van der Waals surface area (Å²) in [4.78, 5) is 2.11. The van der Waals surface area contributed by atoms with Crippen molar-refractivity contribution in [1.82, 2.24) is 14.5 Å². The molecule has 1 aliphatic heterocycles. The van der Waals surface area contributed by atoms with Crippen molar-refractivity contribution in [1.29, 1.82) is 0 Å². The SMILES string of the molecule is CC(C)NCCS(=O)(=O)N1CCN(CC(C)(C)O)CC1. The second-order valence-electron chi connectivity index (χ2n) is 6.41. The summed E-state index contributed by atoms with van der Waals surface area (Å²) >= 11 is 0. The van der Waals surface area contributed by atoms with Gasteiger partial charge >= 0.3 is 0 Å². The quantitative estimate of drug-likeness (QED) is 0.676. The van der Waals surface area contributed by atoms with Crippen molar-refractivity contribution in [2.75, 3.05) is 45.0 Å². The van der Waals surface area contributed by atoms with E-state index in [1.807, 2.05) is 13.8 Å². The fraction of sp³-hybridized carbons (Fsp3) is 1.00. The van der Waals surface area contributed by atoms with Crippen LogP contribution in [0.25, 0.3) is 0 Å². The highest BCUT2D eigenvalue weighted by Crippen LogP contribution is 2.11. The third kappa shape index (κ3) is 6.49. The first-order valence-corrected chi connectivity index (χ1v) is 8.87. The Labute approximate surface area is 123 Å². The molecular weight excluding hydrogens is 278 g/mol. The first kappa shape index (κ1) is 17.8. The Bertz CT molecular complexity index is 382. The molecule has 0 spiro atoms. The van der Waals surface area contributed by atoms with E-state index in [4.69, 9.17) is 0 Å². The smallest absolute Gasteiger partial charge is 0.215 e. The molecule has 20 heavy (non-hydrogen) atoms. The lowest BCUT2D eigenvalue weighted by Crippen LogP contribution is -2.52. The maximum Gasteiger partial charge on any atom is 0.215 e. The van der Waals surface area contributed by atoms with Crippen LogP contribution in [0.15, 0.2) is 0 Å². The Morgan fingerprint density at radius 1 is 1.20 bits per heavy atom. The van der Waals surface area contributed by atoms with Crippen molar-refractivity contribution in [3.63, 3.8) is 0 Å². The fourth-order valence-electron chi connectivity index (χ4n) is 2.32. The summed E-state index contributed by atoms with van der Waals surface area (Å²) in [6, 6.07) is 0.300. The van der Waals surface area contributed by atoms with Gasteiger partial charge in [0, 0.05) is 45.3 Å². The van der Waals surface area contributed by atoms with Crippen molar-refractivity contribution < 1.29 is 13.5 Å². The van der Waals surface area contributed by atoms with Gasteiger partial charge in [0.25, 0.3) is 0 Å². The Kier molecular flexibility index (Phi) is 6.40. The number of nitrogens with one attached hydrogen (secondary N) is 1. The number of nitrogens with zero attached hydrogens (tertiary/aromatic N) is 2. The van der Waals surface area contributed by atoms with Crippen LogP contribution in [0.1, 0.15) is 27.7 Å². The molecule has 0 atom stereocenters. The largest absolute Gasteiger partial charge is 0.389 e. The van der Waals surface area contributed by atoms with Gasteiger partial charge in [-0.2, -0.15) is 4.31 Å². The van der Waals surface area contributed by atoms with Crippen LogP contribution in [-0.4, -0.2) is 79.4 Å². The van der Waals surface area contributed by atoms with Gasteiger partial charge in [-0.25, -0.2) is 8.42 Å². The Hall–Kier alpha value is -0.210. The van der Waals surface area contributed by atoms with Crippen LogP contribution in [0.4, 0.5) is 0 Å². The number of rotatable bonds is 7. The molecule has 2 N–H and O–H groups in total. The topological polar surface area (TPSA) is 72.9 Å². The average molecular weight is 307 g/mol. The molecule has 0 amide bonds. The lowest BCUT2D eigenvalue weighted by Gasteiger charge is -2.36. The minimum absolute atomic E-state index is 0.149. The van der Waals surface area contributed by atoms with E-state index in [0.29, 0.717) is 45.3 Å². The monoisotopic (exact) mass is 307 g/mol. The average Bonchev–Trinajstić information content (AvgIpc) is 2.26. The van der Waals surface area contributed by atoms with Crippen molar-refractivity contribution in [2.45, 2.75) is 39.3 Å². The molecule has 1 heterocycles. The van der Waals surface area contributed by atoms with E-state index < -0.39 is 15.6 Å². The van der Waals surface area contributed by atoms with Gasteiger partial charge in [0.2, 0.25) is 10.0 Å². The van der Waals surface area contributed by atoms with Gasteiger partial charge in [-0.15, -0.1) is 0 Å². The van der Waals surface area contributed by atoms with E-state index in [9.17, 15) is 13.5 Å². The first-order valence-electron chi connectivity index (χ1n) is 7.26. The highest BCUT2D eigenvalue weighted by atomic mass is 32.2. The zero-order chi connectivity index (χ0) is 15.4. The van der Waals surface area contributed by atoms with Gasteiger partial charge in [0.15, 0.2) is 0 Å². The predicted molar refractivity (Wildman–Crippen MR) is 81.2 cm³/mol. The van der Waals surface area contributed by atoms with E-state index in [1.165, 1.54) is 0 Å². The van der Waals surface area contributed by atoms with E-state index >= 15 is 0 Å². The number of hydrogen-bond donors (Lipinski definition) is 2. The standard InChI is InChI=1S/C13H29N3O3S/c1-12(2)14-5-10-20(18,19)16-8-6-15(7-9-16)11-13(3,4)17/h12,14,17H,5-11H2,1-4H3. The van der Waals surface area contributed by atoms with E-state index in [-0.39, 0.29) is 5.75 Å². The summed E-state index contributed by atoms with van der Waals surface area (Å²) in [6.45, 7) is 11.0. The van der Waals surface area contributed by atoms with Crippen LogP contribution in [0.2, 0.25) is 0 Å². The van der Waals surface area contributed by atoms with Crippen molar-refractivity contribution in [2.24, 2.45) is 0 Å². The van der Waals surface area contributed by atoms with Crippen LogP contribution in [0, 0.1) is 0 Å². The maximum absolute atomic E-state index is 12.2. The zero-order valence-corrected chi connectivity index (χ0v) is 13.9. The normalized spacial score (nSPS) is 19.7. The molecule has 0 aromatic carbocycles. The van der Waals surface area contributed by atoms with Gasteiger partial charge in [0.05, 0.1) is 11.4 Å². The molecule has 0 aliphatic carbocycles. The van der Waals surface area contributed by atoms with Gasteiger partial charge in [-0.3, -0.25) is 4.90 Å².